The maximum atomic E-state index is 12.5. The van der Waals surface area contributed by atoms with E-state index in [2.05, 4.69) is 19.2 Å². The Hall–Kier alpha value is -0.610. The van der Waals surface area contributed by atoms with Gasteiger partial charge < -0.3 is 15.5 Å². The van der Waals surface area contributed by atoms with Gasteiger partial charge in [0.1, 0.15) is 0 Å². The third kappa shape index (κ3) is 56.2. The third-order valence-corrected chi connectivity index (χ3v) is 15.4. The molecule has 3 N–H and O–H groups in total. The fraction of sp³-hybridized carbons (Fsp3) is 0.984. The maximum Gasteiger partial charge on any atom is 0.220 e. The van der Waals surface area contributed by atoms with Gasteiger partial charge in [-0.15, -0.1) is 0 Å². The Balaban J connectivity index is 3.29. The van der Waals surface area contributed by atoms with Crippen LogP contribution in [0.3, 0.4) is 0 Å². The van der Waals surface area contributed by atoms with Crippen molar-refractivity contribution in [1.82, 2.24) is 5.32 Å². The molecule has 4 heteroatoms. The Morgan fingerprint density at radius 1 is 0.299 bits per heavy atom. The highest BCUT2D eigenvalue weighted by atomic mass is 16.3. The van der Waals surface area contributed by atoms with Crippen LogP contribution in [-0.4, -0.2) is 34.9 Å². The fourth-order valence-corrected chi connectivity index (χ4v) is 10.5. The zero-order valence-corrected chi connectivity index (χ0v) is 46.5. The summed E-state index contributed by atoms with van der Waals surface area (Å²) in [5.74, 6) is -0.0224. The minimum Gasteiger partial charge on any atom is -0.394 e. The highest BCUT2D eigenvalue weighted by Gasteiger charge is 2.20. The average molecular weight is 947 g/mol. The van der Waals surface area contributed by atoms with Crippen molar-refractivity contribution in [2.24, 2.45) is 0 Å². The zero-order chi connectivity index (χ0) is 48.5. The summed E-state index contributed by atoms with van der Waals surface area (Å²) in [6.07, 6.45) is 77.2. The van der Waals surface area contributed by atoms with Crippen LogP contribution >= 0.6 is 0 Å². The van der Waals surface area contributed by atoms with Gasteiger partial charge in [0.2, 0.25) is 5.91 Å². The second-order valence-electron chi connectivity index (χ2n) is 22.2. The topological polar surface area (TPSA) is 69.6 Å². The summed E-state index contributed by atoms with van der Waals surface area (Å²) in [4.78, 5) is 12.5. The smallest absolute Gasteiger partial charge is 0.220 e. The van der Waals surface area contributed by atoms with E-state index in [0.717, 1.165) is 25.7 Å². The standard InChI is InChI=1S/C63H127NO3/c1-3-5-7-9-11-13-15-17-19-20-21-22-23-24-25-26-27-28-29-30-31-32-33-34-35-36-37-38-39-40-41-42-43-44-45-47-49-51-53-55-57-59-63(67)64-61(60-65)62(66)58-56-54-52-50-48-46-18-16-14-12-10-8-6-4-2/h61-62,65-66H,3-60H2,1-2H3,(H,64,67). The molecule has 2 unspecified atom stereocenters. The van der Waals surface area contributed by atoms with Crippen LogP contribution in [0.2, 0.25) is 0 Å². The summed E-state index contributed by atoms with van der Waals surface area (Å²) in [6.45, 7) is 4.40. The van der Waals surface area contributed by atoms with Gasteiger partial charge in [0.25, 0.3) is 0 Å². The van der Waals surface area contributed by atoms with Gasteiger partial charge in [0.05, 0.1) is 18.8 Å². The van der Waals surface area contributed by atoms with Crippen LogP contribution < -0.4 is 5.32 Å². The van der Waals surface area contributed by atoms with Crippen LogP contribution in [0, 0.1) is 0 Å². The van der Waals surface area contributed by atoms with Crippen molar-refractivity contribution >= 4 is 5.91 Å². The third-order valence-electron chi connectivity index (χ3n) is 15.4. The minimum absolute atomic E-state index is 0.0224. The molecule has 0 spiro atoms. The lowest BCUT2D eigenvalue weighted by atomic mass is 10.0. The number of unbranched alkanes of at least 4 members (excludes halogenated alkanes) is 53. The van der Waals surface area contributed by atoms with Crippen LogP contribution in [0.25, 0.3) is 0 Å². The van der Waals surface area contributed by atoms with Crippen molar-refractivity contribution in [2.45, 2.75) is 392 Å². The second-order valence-corrected chi connectivity index (χ2v) is 22.2. The van der Waals surface area contributed by atoms with Crippen molar-refractivity contribution < 1.29 is 15.0 Å². The van der Waals surface area contributed by atoms with Gasteiger partial charge in [-0.25, -0.2) is 0 Å². The lowest BCUT2D eigenvalue weighted by Gasteiger charge is -2.22. The van der Waals surface area contributed by atoms with E-state index in [0.29, 0.717) is 12.8 Å². The van der Waals surface area contributed by atoms with E-state index in [1.54, 1.807) is 0 Å². The molecule has 0 bridgehead atoms. The molecular weight excluding hydrogens is 819 g/mol. The van der Waals surface area contributed by atoms with Crippen LogP contribution in [0.4, 0.5) is 0 Å². The Morgan fingerprint density at radius 2 is 0.478 bits per heavy atom. The lowest BCUT2D eigenvalue weighted by molar-refractivity contribution is -0.123. The van der Waals surface area contributed by atoms with Crippen LogP contribution in [0.5, 0.6) is 0 Å². The number of carbonyl (C=O) groups excluding carboxylic acids is 1. The molecule has 0 heterocycles. The zero-order valence-electron chi connectivity index (χ0n) is 46.5. The number of hydrogen-bond donors (Lipinski definition) is 3. The second kappa shape index (κ2) is 59.7. The molecule has 0 rings (SSSR count). The Labute approximate surface area is 423 Å². The summed E-state index contributed by atoms with van der Waals surface area (Å²) in [5.41, 5.74) is 0. The van der Waals surface area contributed by atoms with Gasteiger partial charge in [-0.1, -0.05) is 361 Å². The van der Waals surface area contributed by atoms with Crippen molar-refractivity contribution in [3.63, 3.8) is 0 Å². The number of nitrogens with one attached hydrogen (secondary N) is 1. The van der Waals surface area contributed by atoms with E-state index in [9.17, 15) is 15.0 Å². The molecule has 0 radical (unpaired) electrons. The first-order chi connectivity index (χ1) is 33.2. The number of rotatable bonds is 60. The number of amides is 1. The lowest BCUT2D eigenvalue weighted by Crippen LogP contribution is -2.45. The van der Waals surface area contributed by atoms with Crippen molar-refractivity contribution in [2.75, 3.05) is 6.61 Å². The number of hydrogen-bond acceptors (Lipinski definition) is 3. The fourth-order valence-electron chi connectivity index (χ4n) is 10.5. The molecule has 2 atom stereocenters. The first-order valence-corrected chi connectivity index (χ1v) is 31.7. The molecule has 0 aromatic heterocycles. The largest absolute Gasteiger partial charge is 0.394 e. The molecule has 0 aromatic rings. The predicted molar refractivity (Wildman–Crippen MR) is 300 cm³/mol. The first-order valence-electron chi connectivity index (χ1n) is 31.7. The quantitative estimate of drug-likeness (QED) is 0.0532. The Bertz CT molecular complexity index is 894. The first kappa shape index (κ1) is 66.4. The molecule has 0 fully saturated rings. The summed E-state index contributed by atoms with van der Waals surface area (Å²) in [7, 11) is 0. The van der Waals surface area contributed by atoms with E-state index >= 15 is 0 Å². The number of carbonyl (C=O) groups is 1. The molecule has 0 aromatic carbocycles. The molecule has 0 aliphatic rings. The van der Waals surface area contributed by atoms with E-state index in [1.165, 1.54) is 327 Å². The van der Waals surface area contributed by atoms with Crippen molar-refractivity contribution in [3.8, 4) is 0 Å². The molecule has 0 aliphatic carbocycles. The molecule has 402 valence electrons. The van der Waals surface area contributed by atoms with E-state index in [-0.39, 0.29) is 12.5 Å². The highest BCUT2D eigenvalue weighted by Crippen LogP contribution is 2.19. The normalized spacial score (nSPS) is 12.6. The molecule has 0 saturated heterocycles. The van der Waals surface area contributed by atoms with Gasteiger partial charge in [-0.3, -0.25) is 4.79 Å². The van der Waals surface area contributed by atoms with Crippen molar-refractivity contribution in [1.29, 1.82) is 0 Å². The monoisotopic (exact) mass is 946 g/mol. The van der Waals surface area contributed by atoms with E-state index < -0.39 is 12.1 Å². The number of aliphatic hydroxyl groups excluding tert-OH is 2. The maximum absolute atomic E-state index is 12.5. The SMILES string of the molecule is CCCCCCCCCCCCCCCCCCCCCCCCCCCCCCCCCCCCCCCCCCCC(=O)NC(CO)C(O)CCCCCCCCCCCCCCCC. The molecule has 0 aliphatic heterocycles. The number of aliphatic hydroxyl groups is 2. The summed E-state index contributed by atoms with van der Waals surface area (Å²) in [6, 6.07) is -0.531. The molecule has 0 saturated carbocycles. The van der Waals surface area contributed by atoms with Crippen molar-refractivity contribution in [3.05, 3.63) is 0 Å². The highest BCUT2D eigenvalue weighted by molar-refractivity contribution is 5.76. The Kier molecular flexibility index (Phi) is 59.2. The van der Waals surface area contributed by atoms with Gasteiger partial charge in [0.15, 0.2) is 0 Å². The average Bonchev–Trinajstić information content (AvgIpc) is 3.33. The van der Waals surface area contributed by atoms with Gasteiger partial charge in [-0.2, -0.15) is 0 Å². The predicted octanol–water partition coefficient (Wildman–Crippen LogP) is 21.1. The van der Waals surface area contributed by atoms with Gasteiger partial charge in [0, 0.05) is 6.42 Å². The Morgan fingerprint density at radius 3 is 0.672 bits per heavy atom. The van der Waals surface area contributed by atoms with E-state index in [4.69, 9.17) is 0 Å². The van der Waals surface area contributed by atoms with Crippen LogP contribution in [0.15, 0.2) is 0 Å². The van der Waals surface area contributed by atoms with Crippen LogP contribution in [-0.2, 0) is 4.79 Å². The molecular formula is C63H127NO3. The van der Waals surface area contributed by atoms with E-state index in [1.807, 2.05) is 0 Å². The molecule has 1 amide bonds. The van der Waals surface area contributed by atoms with Gasteiger partial charge in [-0.05, 0) is 12.8 Å². The molecule has 4 nitrogen and oxygen atoms in total. The summed E-state index contributed by atoms with van der Waals surface area (Å²) < 4.78 is 0. The summed E-state index contributed by atoms with van der Waals surface area (Å²) >= 11 is 0. The molecule has 67 heavy (non-hydrogen) atoms. The summed E-state index contributed by atoms with van der Waals surface area (Å²) in [5, 5.41) is 23.3. The minimum atomic E-state index is -0.654. The van der Waals surface area contributed by atoms with Gasteiger partial charge >= 0.3 is 0 Å². The van der Waals surface area contributed by atoms with Crippen LogP contribution in [0.1, 0.15) is 380 Å².